The van der Waals surface area contributed by atoms with E-state index < -0.39 is 15.9 Å². The smallest absolute Gasteiger partial charge is 0.264 e. The molecule has 0 saturated heterocycles. The fourth-order valence-electron chi connectivity index (χ4n) is 3.12. The van der Waals surface area contributed by atoms with Crippen molar-refractivity contribution >= 4 is 27.5 Å². The maximum atomic E-state index is 13.2. The van der Waals surface area contributed by atoms with Gasteiger partial charge in [0, 0.05) is 25.7 Å². The molecule has 0 atom stereocenters. The van der Waals surface area contributed by atoms with Crippen molar-refractivity contribution < 1.29 is 22.7 Å². The third-order valence-corrected chi connectivity index (χ3v) is 6.82. The van der Waals surface area contributed by atoms with Gasteiger partial charge >= 0.3 is 0 Å². The maximum Gasteiger partial charge on any atom is 0.264 e. The van der Waals surface area contributed by atoms with E-state index in [1.54, 1.807) is 42.2 Å². The largest absolute Gasteiger partial charge is 0.495 e. The Morgan fingerprint density at radius 3 is 2.32 bits per heavy atom. The monoisotopic (exact) mass is 447 g/mol. The Kier molecular flexibility index (Phi) is 8.04. The van der Waals surface area contributed by atoms with E-state index in [-0.39, 0.29) is 22.9 Å². The first kappa shape index (κ1) is 24.2. The first-order chi connectivity index (χ1) is 14.7. The van der Waals surface area contributed by atoms with E-state index >= 15 is 0 Å². The Bertz CT molecular complexity index is 1050. The van der Waals surface area contributed by atoms with Gasteiger partial charge in [0.15, 0.2) is 0 Å². The molecule has 0 heterocycles. The second-order valence-electron chi connectivity index (χ2n) is 6.87. The van der Waals surface area contributed by atoms with Crippen LogP contribution in [0.4, 0.5) is 5.69 Å². The minimum atomic E-state index is -3.95. The van der Waals surface area contributed by atoms with Crippen LogP contribution in [0.25, 0.3) is 0 Å². The SMILES string of the molecule is CCN(CC)C(=O)CNC(=O)c1cc(S(=O)(=O)N(C)c2ccccc2OC)ccc1C. The zero-order valence-corrected chi connectivity index (χ0v) is 19.3. The first-order valence-electron chi connectivity index (χ1n) is 9.95. The topological polar surface area (TPSA) is 96.0 Å². The van der Waals surface area contributed by atoms with Crippen LogP contribution in [0.5, 0.6) is 5.75 Å². The van der Waals surface area contributed by atoms with E-state index in [9.17, 15) is 18.0 Å². The predicted molar refractivity (Wildman–Crippen MR) is 120 cm³/mol. The van der Waals surface area contributed by atoms with Crippen LogP contribution in [-0.4, -0.2) is 58.9 Å². The van der Waals surface area contributed by atoms with Gasteiger partial charge in [-0.05, 0) is 50.6 Å². The van der Waals surface area contributed by atoms with Crippen molar-refractivity contribution in [2.24, 2.45) is 0 Å². The summed E-state index contributed by atoms with van der Waals surface area (Å²) in [6.07, 6.45) is 0. The molecule has 0 aliphatic heterocycles. The molecule has 168 valence electrons. The van der Waals surface area contributed by atoms with Crippen molar-refractivity contribution in [2.45, 2.75) is 25.7 Å². The maximum absolute atomic E-state index is 13.2. The highest BCUT2D eigenvalue weighted by Crippen LogP contribution is 2.31. The van der Waals surface area contributed by atoms with Gasteiger partial charge in [0.2, 0.25) is 5.91 Å². The van der Waals surface area contributed by atoms with Crippen LogP contribution < -0.4 is 14.4 Å². The molecule has 2 amide bonds. The summed E-state index contributed by atoms with van der Waals surface area (Å²) in [6.45, 7) is 6.37. The van der Waals surface area contributed by atoms with Crippen LogP contribution in [0.2, 0.25) is 0 Å². The highest BCUT2D eigenvalue weighted by molar-refractivity contribution is 7.92. The summed E-state index contributed by atoms with van der Waals surface area (Å²) in [5.74, 6) is -0.292. The number of amides is 2. The van der Waals surface area contributed by atoms with Gasteiger partial charge in [-0.3, -0.25) is 13.9 Å². The summed E-state index contributed by atoms with van der Waals surface area (Å²) in [6, 6.07) is 11.1. The van der Waals surface area contributed by atoms with E-state index in [0.717, 1.165) is 4.31 Å². The number of nitrogens with one attached hydrogen (secondary N) is 1. The lowest BCUT2D eigenvalue weighted by Gasteiger charge is -2.22. The molecule has 9 heteroatoms. The molecule has 1 N–H and O–H groups in total. The number of methoxy groups -OCH3 is 1. The Balaban J connectivity index is 2.30. The van der Waals surface area contributed by atoms with E-state index in [1.165, 1.54) is 26.3 Å². The molecule has 0 aliphatic carbocycles. The number of ether oxygens (including phenoxy) is 1. The third-order valence-electron chi connectivity index (χ3n) is 5.05. The van der Waals surface area contributed by atoms with E-state index in [4.69, 9.17) is 4.74 Å². The molecule has 0 spiro atoms. The predicted octanol–water partition coefficient (Wildman–Crippen LogP) is 2.43. The number of hydrogen-bond acceptors (Lipinski definition) is 5. The molecule has 0 saturated carbocycles. The first-order valence-corrected chi connectivity index (χ1v) is 11.4. The van der Waals surface area contributed by atoms with Gasteiger partial charge in [0.05, 0.1) is 24.2 Å². The molecule has 31 heavy (non-hydrogen) atoms. The van der Waals surface area contributed by atoms with E-state index in [0.29, 0.717) is 30.1 Å². The number of aryl methyl sites for hydroxylation is 1. The zero-order chi connectivity index (χ0) is 23.2. The molecule has 0 fully saturated rings. The molecular weight excluding hydrogens is 418 g/mol. The number of rotatable bonds is 9. The average molecular weight is 448 g/mol. The molecule has 0 unspecified atom stereocenters. The number of hydrogen-bond donors (Lipinski definition) is 1. The number of benzene rings is 2. The standard InChI is InChI=1S/C22H29N3O5S/c1-6-25(7-2)21(26)15-23-22(27)18-14-17(13-12-16(18)3)31(28,29)24(4)19-10-8-9-11-20(19)30-5/h8-14H,6-7,15H2,1-5H3,(H,23,27). The number of anilines is 1. The molecular formula is C22H29N3O5S. The molecule has 0 bridgehead atoms. The summed E-state index contributed by atoms with van der Waals surface area (Å²) < 4.78 is 32.8. The number of nitrogens with zero attached hydrogens (tertiary/aromatic N) is 2. The summed E-state index contributed by atoms with van der Waals surface area (Å²) >= 11 is 0. The quantitative estimate of drug-likeness (QED) is 0.637. The Morgan fingerprint density at radius 2 is 1.71 bits per heavy atom. The molecule has 0 aliphatic rings. The average Bonchev–Trinajstić information content (AvgIpc) is 2.77. The lowest BCUT2D eigenvalue weighted by atomic mass is 10.1. The highest BCUT2D eigenvalue weighted by Gasteiger charge is 2.25. The fraction of sp³-hybridized carbons (Fsp3) is 0.364. The molecule has 2 aromatic carbocycles. The summed E-state index contributed by atoms with van der Waals surface area (Å²) in [5.41, 5.74) is 1.18. The van der Waals surface area contributed by atoms with Crippen LogP contribution in [0, 0.1) is 6.92 Å². The van der Waals surface area contributed by atoms with Crippen LogP contribution in [0.1, 0.15) is 29.8 Å². The van der Waals surface area contributed by atoms with Crippen LogP contribution >= 0.6 is 0 Å². The van der Waals surface area contributed by atoms with Crippen molar-refractivity contribution in [1.82, 2.24) is 10.2 Å². The van der Waals surface area contributed by atoms with Gasteiger partial charge in [-0.15, -0.1) is 0 Å². The number of carbonyl (C=O) groups is 2. The minimum Gasteiger partial charge on any atom is -0.495 e. The second-order valence-corrected chi connectivity index (χ2v) is 8.84. The fourth-order valence-corrected chi connectivity index (χ4v) is 4.36. The lowest BCUT2D eigenvalue weighted by Crippen LogP contribution is -2.40. The van der Waals surface area contributed by atoms with Crippen molar-refractivity contribution in [3.63, 3.8) is 0 Å². The van der Waals surface area contributed by atoms with E-state index in [1.807, 2.05) is 13.8 Å². The molecule has 2 rings (SSSR count). The van der Waals surface area contributed by atoms with Crippen LogP contribution in [0.3, 0.4) is 0 Å². The van der Waals surface area contributed by atoms with Crippen molar-refractivity contribution in [2.75, 3.05) is 38.1 Å². The number of carbonyl (C=O) groups excluding carboxylic acids is 2. The Labute approximate surface area is 183 Å². The molecule has 0 radical (unpaired) electrons. The zero-order valence-electron chi connectivity index (χ0n) is 18.5. The van der Waals surface area contributed by atoms with Crippen LogP contribution in [-0.2, 0) is 14.8 Å². The number of sulfonamides is 1. The highest BCUT2D eigenvalue weighted by atomic mass is 32.2. The summed E-state index contributed by atoms with van der Waals surface area (Å²) in [5, 5.41) is 2.59. The normalized spacial score (nSPS) is 11.0. The molecule has 2 aromatic rings. The lowest BCUT2D eigenvalue weighted by molar-refractivity contribution is -0.129. The number of para-hydroxylation sites is 2. The van der Waals surface area contributed by atoms with Crippen LogP contribution in [0.15, 0.2) is 47.4 Å². The number of likely N-dealkylation sites (N-methyl/N-ethyl adjacent to an activating group) is 1. The summed E-state index contributed by atoms with van der Waals surface area (Å²) in [4.78, 5) is 26.4. The second kappa shape index (κ2) is 10.3. The van der Waals surface area contributed by atoms with Crippen molar-refractivity contribution in [1.29, 1.82) is 0 Å². The van der Waals surface area contributed by atoms with Gasteiger partial charge in [0.1, 0.15) is 5.75 Å². The summed E-state index contributed by atoms with van der Waals surface area (Å²) in [7, 11) is -1.06. The molecule has 0 aromatic heterocycles. The van der Waals surface area contributed by atoms with Crippen molar-refractivity contribution in [3.05, 3.63) is 53.6 Å². The van der Waals surface area contributed by atoms with Gasteiger partial charge in [-0.2, -0.15) is 0 Å². The van der Waals surface area contributed by atoms with Gasteiger partial charge in [-0.1, -0.05) is 18.2 Å². The van der Waals surface area contributed by atoms with E-state index in [2.05, 4.69) is 5.32 Å². The van der Waals surface area contributed by atoms with Gasteiger partial charge in [0.25, 0.3) is 15.9 Å². The van der Waals surface area contributed by atoms with Gasteiger partial charge < -0.3 is 15.0 Å². The third kappa shape index (κ3) is 5.35. The Hall–Kier alpha value is -3.07. The van der Waals surface area contributed by atoms with Gasteiger partial charge in [-0.25, -0.2) is 8.42 Å². The van der Waals surface area contributed by atoms with Crippen molar-refractivity contribution in [3.8, 4) is 5.75 Å². The Morgan fingerprint density at radius 1 is 1.06 bits per heavy atom. The molecule has 8 nitrogen and oxygen atoms in total. The minimum absolute atomic E-state index is 0.0354.